The first-order valence-electron chi connectivity index (χ1n) is 7.33. The smallest absolute Gasteiger partial charge is 0.338 e. The van der Waals surface area contributed by atoms with Gasteiger partial charge in [-0.2, -0.15) is 0 Å². The molecule has 0 radical (unpaired) electrons. The molecule has 1 rings (SSSR count). The summed E-state index contributed by atoms with van der Waals surface area (Å²) in [5.74, 6) is 0.718. The van der Waals surface area contributed by atoms with Crippen LogP contribution in [-0.2, 0) is 0 Å². The summed E-state index contributed by atoms with van der Waals surface area (Å²) in [7, 11) is 0. The topological polar surface area (TPSA) is 50.2 Å². The average molecular weight is 295 g/mol. The Morgan fingerprint density at radius 2 is 2.10 bits per heavy atom. The summed E-state index contributed by atoms with van der Waals surface area (Å²) in [4.78, 5) is 15.8. The van der Waals surface area contributed by atoms with E-state index in [-0.39, 0.29) is 0 Å². The number of pyridine rings is 1. The van der Waals surface area contributed by atoms with E-state index in [0.717, 1.165) is 23.4 Å². The first-order chi connectivity index (χ1) is 9.49. The normalized spacial score (nSPS) is 12.4. The van der Waals surface area contributed by atoms with E-state index in [1.54, 1.807) is 11.8 Å². The molecule has 1 heterocycles. The van der Waals surface area contributed by atoms with Gasteiger partial charge in [0.15, 0.2) is 0 Å². The van der Waals surface area contributed by atoms with E-state index in [9.17, 15) is 9.90 Å². The minimum Gasteiger partial charge on any atom is -0.478 e. The van der Waals surface area contributed by atoms with Crippen LogP contribution in [0.25, 0.3) is 0 Å². The first-order valence-corrected chi connectivity index (χ1v) is 8.32. The van der Waals surface area contributed by atoms with Crippen molar-refractivity contribution in [2.45, 2.75) is 58.4 Å². The highest BCUT2D eigenvalue weighted by Crippen LogP contribution is 2.28. The summed E-state index contributed by atoms with van der Waals surface area (Å²) in [5.41, 5.74) is 2.05. The maximum Gasteiger partial charge on any atom is 0.338 e. The maximum absolute atomic E-state index is 11.4. The largest absolute Gasteiger partial charge is 0.478 e. The summed E-state index contributed by atoms with van der Waals surface area (Å²) in [6, 6.07) is 1.84. The second-order valence-electron chi connectivity index (χ2n) is 5.29. The lowest BCUT2D eigenvalue weighted by Gasteiger charge is -2.15. The van der Waals surface area contributed by atoms with E-state index in [0.29, 0.717) is 16.5 Å². The molecule has 20 heavy (non-hydrogen) atoms. The Bertz CT molecular complexity index is 460. The summed E-state index contributed by atoms with van der Waals surface area (Å²) in [6.07, 6.45) is 4.81. The molecule has 1 N–H and O–H groups in total. The monoisotopic (exact) mass is 295 g/mol. The lowest BCUT2D eigenvalue weighted by molar-refractivity contribution is 0.0691. The number of aryl methyl sites for hydroxylation is 2. The molecule has 112 valence electrons. The highest BCUT2D eigenvalue weighted by Gasteiger charge is 2.17. The second kappa shape index (κ2) is 8.30. The third-order valence-corrected chi connectivity index (χ3v) is 4.73. The van der Waals surface area contributed by atoms with Gasteiger partial charge in [0.05, 0.1) is 5.56 Å². The molecule has 1 aromatic heterocycles. The molecule has 1 aromatic rings. The minimum absolute atomic E-state index is 0.367. The van der Waals surface area contributed by atoms with Crippen LogP contribution in [0.15, 0.2) is 11.1 Å². The molecular formula is C16H25NO2S. The molecule has 0 amide bonds. The van der Waals surface area contributed by atoms with Gasteiger partial charge in [-0.05, 0) is 37.8 Å². The van der Waals surface area contributed by atoms with E-state index >= 15 is 0 Å². The SMILES string of the molecule is CCCCC(CC)CSc1nc(C)cc(C)c1C(=O)O. The van der Waals surface area contributed by atoms with Crippen LogP contribution in [0.4, 0.5) is 0 Å². The highest BCUT2D eigenvalue weighted by atomic mass is 32.2. The van der Waals surface area contributed by atoms with Crippen molar-refractivity contribution in [2.75, 3.05) is 5.75 Å². The lowest BCUT2D eigenvalue weighted by atomic mass is 10.0. The van der Waals surface area contributed by atoms with E-state index in [4.69, 9.17) is 0 Å². The molecule has 0 saturated heterocycles. The predicted octanol–water partition coefficient (Wildman–Crippen LogP) is 4.71. The summed E-state index contributed by atoms with van der Waals surface area (Å²) in [6.45, 7) is 8.16. The number of aromatic nitrogens is 1. The lowest BCUT2D eigenvalue weighted by Crippen LogP contribution is -2.08. The fourth-order valence-electron chi connectivity index (χ4n) is 2.26. The number of rotatable bonds is 8. The predicted molar refractivity (Wildman–Crippen MR) is 84.7 cm³/mol. The molecule has 4 heteroatoms. The highest BCUT2D eigenvalue weighted by molar-refractivity contribution is 7.99. The molecule has 0 aliphatic rings. The number of carboxylic acids is 1. The van der Waals surface area contributed by atoms with Crippen LogP contribution < -0.4 is 0 Å². The third-order valence-electron chi connectivity index (χ3n) is 3.52. The van der Waals surface area contributed by atoms with E-state index < -0.39 is 5.97 Å². The number of carbonyl (C=O) groups is 1. The van der Waals surface area contributed by atoms with Crippen LogP contribution in [0, 0.1) is 19.8 Å². The first kappa shape index (κ1) is 17.0. The number of aromatic carboxylic acids is 1. The third kappa shape index (κ3) is 4.82. The molecule has 0 aliphatic carbocycles. The fraction of sp³-hybridized carbons (Fsp3) is 0.625. The zero-order chi connectivity index (χ0) is 15.1. The van der Waals surface area contributed by atoms with Crippen LogP contribution in [0.1, 0.15) is 61.1 Å². The van der Waals surface area contributed by atoms with Crippen molar-refractivity contribution in [1.82, 2.24) is 4.98 Å². The molecule has 0 saturated carbocycles. The van der Waals surface area contributed by atoms with Gasteiger partial charge in [-0.25, -0.2) is 9.78 Å². The maximum atomic E-state index is 11.4. The Morgan fingerprint density at radius 3 is 2.65 bits per heavy atom. The summed E-state index contributed by atoms with van der Waals surface area (Å²) < 4.78 is 0. The fourth-order valence-corrected chi connectivity index (χ4v) is 3.66. The van der Waals surface area contributed by atoms with Gasteiger partial charge in [-0.15, -0.1) is 11.8 Å². The number of hydrogen-bond donors (Lipinski definition) is 1. The average Bonchev–Trinajstić information content (AvgIpc) is 2.37. The number of thioether (sulfide) groups is 1. The van der Waals surface area contributed by atoms with Gasteiger partial charge >= 0.3 is 5.97 Å². The summed E-state index contributed by atoms with van der Waals surface area (Å²) in [5, 5.41) is 10.0. The van der Waals surface area contributed by atoms with Gasteiger partial charge in [-0.1, -0.05) is 33.1 Å². The summed E-state index contributed by atoms with van der Waals surface area (Å²) >= 11 is 1.59. The number of carboxylic acid groups (broad SMARTS) is 1. The zero-order valence-corrected chi connectivity index (χ0v) is 13.7. The molecule has 0 aromatic carbocycles. The number of nitrogens with zero attached hydrogens (tertiary/aromatic N) is 1. The van der Waals surface area contributed by atoms with Crippen LogP contribution in [-0.4, -0.2) is 21.8 Å². The Balaban J connectivity index is 2.83. The van der Waals surface area contributed by atoms with E-state index in [2.05, 4.69) is 18.8 Å². The van der Waals surface area contributed by atoms with Crippen molar-refractivity contribution in [2.24, 2.45) is 5.92 Å². The van der Waals surface area contributed by atoms with Crippen molar-refractivity contribution < 1.29 is 9.90 Å². The van der Waals surface area contributed by atoms with Gasteiger partial charge in [0.25, 0.3) is 0 Å². The molecule has 1 atom stereocenters. The molecule has 0 aliphatic heterocycles. The van der Waals surface area contributed by atoms with Crippen LogP contribution in [0.5, 0.6) is 0 Å². The molecule has 0 bridgehead atoms. The standard InChI is InChI=1S/C16H25NO2S/c1-5-7-8-13(6-2)10-20-15-14(16(18)19)11(3)9-12(4)17-15/h9,13H,5-8,10H2,1-4H3,(H,18,19). The van der Waals surface area contributed by atoms with Gasteiger partial charge < -0.3 is 5.11 Å². The van der Waals surface area contributed by atoms with Crippen molar-refractivity contribution in [3.8, 4) is 0 Å². The van der Waals surface area contributed by atoms with Crippen molar-refractivity contribution >= 4 is 17.7 Å². The van der Waals surface area contributed by atoms with Gasteiger partial charge in [-0.3, -0.25) is 0 Å². The quantitative estimate of drug-likeness (QED) is 0.706. The van der Waals surface area contributed by atoms with E-state index in [1.165, 1.54) is 19.3 Å². The van der Waals surface area contributed by atoms with Gasteiger partial charge in [0, 0.05) is 11.4 Å². The molecule has 1 unspecified atom stereocenters. The Hall–Kier alpha value is -1.03. The zero-order valence-electron chi connectivity index (χ0n) is 12.9. The van der Waals surface area contributed by atoms with Gasteiger partial charge in [0.1, 0.15) is 5.03 Å². The Labute approximate surface area is 126 Å². The Morgan fingerprint density at radius 1 is 1.40 bits per heavy atom. The van der Waals surface area contributed by atoms with Crippen molar-refractivity contribution in [3.63, 3.8) is 0 Å². The van der Waals surface area contributed by atoms with Gasteiger partial charge in [0.2, 0.25) is 0 Å². The van der Waals surface area contributed by atoms with Crippen molar-refractivity contribution in [3.05, 3.63) is 22.9 Å². The molecule has 3 nitrogen and oxygen atoms in total. The molecule has 0 fully saturated rings. The van der Waals surface area contributed by atoms with Crippen LogP contribution in [0.2, 0.25) is 0 Å². The number of hydrogen-bond acceptors (Lipinski definition) is 3. The Kier molecular flexibility index (Phi) is 7.06. The second-order valence-corrected chi connectivity index (χ2v) is 6.30. The number of unbranched alkanes of at least 4 members (excludes halogenated alkanes) is 1. The van der Waals surface area contributed by atoms with Crippen molar-refractivity contribution in [1.29, 1.82) is 0 Å². The van der Waals surface area contributed by atoms with Crippen LogP contribution in [0.3, 0.4) is 0 Å². The minimum atomic E-state index is -0.876. The van der Waals surface area contributed by atoms with E-state index in [1.807, 2.05) is 19.9 Å². The molecule has 0 spiro atoms. The van der Waals surface area contributed by atoms with Crippen LogP contribution >= 0.6 is 11.8 Å². The molecular weight excluding hydrogens is 270 g/mol.